The second kappa shape index (κ2) is 3.21. The van der Waals surface area contributed by atoms with Crippen LogP contribution < -0.4 is 5.73 Å². The summed E-state index contributed by atoms with van der Waals surface area (Å²) in [7, 11) is 2.29. The first kappa shape index (κ1) is 10.4. The Hall–Kier alpha value is -0.0800. The summed E-state index contributed by atoms with van der Waals surface area (Å²) in [4.78, 5) is 2.60. The molecule has 0 heterocycles. The van der Waals surface area contributed by atoms with E-state index >= 15 is 0 Å². The lowest BCUT2D eigenvalue weighted by molar-refractivity contribution is -0.0766. The molecule has 0 aliphatic heterocycles. The van der Waals surface area contributed by atoms with Crippen LogP contribution in [-0.2, 0) is 0 Å². The number of hydrogen-bond donors (Lipinski definition) is 1. The molecule has 2 fully saturated rings. The van der Waals surface area contributed by atoms with Crippen LogP contribution in [0.2, 0.25) is 0 Å². The second-order valence-electron chi connectivity index (χ2n) is 5.94. The summed E-state index contributed by atoms with van der Waals surface area (Å²) in [6, 6.07) is 0.770. The summed E-state index contributed by atoms with van der Waals surface area (Å²) < 4.78 is 0. The molecule has 2 saturated carbocycles. The van der Waals surface area contributed by atoms with E-state index in [1.165, 1.54) is 32.1 Å². The molecule has 2 nitrogen and oxygen atoms in total. The average Bonchev–Trinajstić information content (AvgIpc) is 2.01. The van der Waals surface area contributed by atoms with Crippen molar-refractivity contribution in [1.29, 1.82) is 0 Å². The van der Waals surface area contributed by atoms with Crippen molar-refractivity contribution < 1.29 is 0 Å². The molecule has 0 bridgehead atoms. The van der Waals surface area contributed by atoms with E-state index in [0.717, 1.165) is 12.6 Å². The topological polar surface area (TPSA) is 29.3 Å². The van der Waals surface area contributed by atoms with Crippen molar-refractivity contribution in [3.63, 3.8) is 0 Å². The Morgan fingerprint density at radius 3 is 2.14 bits per heavy atom. The van der Waals surface area contributed by atoms with Gasteiger partial charge in [-0.25, -0.2) is 0 Å². The smallest absolute Gasteiger partial charge is 0.0331 e. The standard InChI is InChI=1S/C12H24N2/c1-11(2)8-5-10(11)14(3)12(9-13)6-4-7-12/h10H,4-9,13H2,1-3H3. The first-order valence-electron chi connectivity index (χ1n) is 5.95. The number of nitrogens with zero attached hydrogens (tertiary/aromatic N) is 1. The monoisotopic (exact) mass is 196 g/mol. The van der Waals surface area contributed by atoms with Crippen LogP contribution in [0.5, 0.6) is 0 Å². The van der Waals surface area contributed by atoms with Gasteiger partial charge in [0.15, 0.2) is 0 Å². The van der Waals surface area contributed by atoms with Crippen LogP contribution in [0.1, 0.15) is 46.0 Å². The molecule has 14 heavy (non-hydrogen) atoms. The Morgan fingerprint density at radius 2 is 1.93 bits per heavy atom. The molecule has 0 aromatic heterocycles. The summed E-state index contributed by atoms with van der Waals surface area (Å²) >= 11 is 0. The highest BCUT2D eigenvalue weighted by Gasteiger charge is 2.49. The Bertz CT molecular complexity index is 213. The third-order valence-electron chi connectivity index (χ3n) is 4.84. The maximum Gasteiger partial charge on any atom is 0.0331 e. The van der Waals surface area contributed by atoms with E-state index in [-0.39, 0.29) is 0 Å². The maximum atomic E-state index is 5.93. The quantitative estimate of drug-likeness (QED) is 0.748. The van der Waals surface area contributed by atoms with E-state index < -0.39 is 0 Å². The molecule has 0 aromatic rings. The summed E-state index contributed by atoms with van der Waals surface area (Å²) in [5.74, 6) is 0. The van der Waals surface area contributed by atoms with E-state index in [0.29, 0.717) is 11.0 Å². The summed E-state index contributed by atoms with van der Waals surface area (Å²) in [6.45, 7) is 5.62. The van der Waals surface area contributed by atoms with Crippen LogP contribution in [0.3, 0.4) is 0 Å². The van der Waals surface area contributed by atoms with Gasteiger partial charge in [-0.3, -0.25) is 4.90 Å². The van der Waals surface area contributed by atoms with Crippen LogP contribution in [0.15, 0.2) is 0 Å². The first-order valence-corrected chi connectivity index (χ1v) is 5.95. The van der Waals surface area contributed by atoms with Gasteiger partial charge >= 0.3 is 0 Å². The highest BCUT2D eigenvalue weighted by molar-refractivity contribution is 5.05. The fourth-order valence-electron chi connectivity index (χ4n) is 3.18. The molecule has 2 heteroatoms. The van der Waals surface area contributed by atoms with Gasteiger partial charge in [0.05, 0.1) is 0 Å². The van der Waals surface area contributed by atoms with Crippen LogP contribution in [0, 0.1) is 5.41 Å². The molecule has 2 N–H and O–H groups in total. The zero-order chi connectivity index (χ0) is 10.4. The fourth-order valence-corrected chi connectivity index (χ4v) is 3.18. The van der Waals surface area contributed by atoms with Crippen molar-refractivity contribution in [3.8, 4) is 0 Å². The Labute approximate surface area is 87.8 Å². The van der Waals surface area contributed by atoms with Gasteiger partial charge in [0.1, 0.15) is 0 Å². The number of rotatable bonds is 3. The third kappa shape index (κ3) is 1.31. The Kier molecular flexibility index (Phi) is 2.39. The van der Waals surface area contributed by atoms with Crippen LogP contribution in [0.25, 0.3) is 0 Å². The highest BCUT2D eigenvalue weighted by atomic mass is 15.2. The minimum absolute atomic E-state index is 0.363. The lowest BCUT2D eigenvalue weighted by atomic mass is 9.63. The normalized spacial score (nSPS) is 33.6. The van der Waals surface area contributed by atoms with E-state index in [4.69, 9.17) is 5.73 Å². The molecule has 0 amide bonds. The second-order valence-corrected chi connectivity index (χ2v) is 5.94. The average molecular weight is 196 g/mol. The minimum atomic E-state index is 0.363. The third-order valence-corrected chi connectivity index (χ3v) is 4.84. The van der Waals surface area contributed by atoms with Gasteiger partial charge in [-0.1, -0.05) is 13.8 Å². The molecule has 82 valence electrons. The van der Waals surface area contributed by atoms with Crippen molar-refractivity contribution >= 4 is 0 Å². The predicted molar refractivity (Wildman–Crippen MR) is 60.2 cm³/mol. The Balaban J connectivity index is 2.04. The van der Waals surface area contributed by atoms with Crippen molar-refractivity contribution in [1.82, 2.24) is 4.90 Å². The predicted octanol–water partition coefficient (Wildman–Crippen LogP) is 1.99. The maximum absolute atomic E-state index is 5.93. The molecule has 1 atom stereocenters. The zero-order valence-corrected chi connectivity index (χ0v) is 9.84. The van der Waals surface area contributed by atoms with Gasteiger partial charge in [-0.2, -0.15) is 0 Å². The molecule has 0 aromatic carbocycles. The fraction of sp³-hybridized carbons (Fsp3) is 1.00. The van der Waals surface area contributed by atoms with Gasteiger partial charge in [-0.15, -0.1) is 0 Å². The van der Waals surface area contributed by atoms with Gasteiger partial charge in [0.2, 0.25) is 0 Å². The van der Waals surface area contributed by atoms with E-state index in [2.05, 4.69) is 25.8 Å². The molecule has 2 rings (SSSR count). The molecule has 0 radical (unpaired) electrons. The van der Waals surface area contributed by atoms with Gasteiger partial charge in [0, 0.05) is 18.1 Å². The SMILES string of the molecule is CN(C1CCC1(C)C)C1(CN)CCC1. The molecule has 0 spiro atoms. The van der Waals surface area contributed by atoms with Crippen LogP contribution >= 0.6 is 0 Å². The highest BCUT2D eigenvalue weighted by Crippen LogP contribution is 2.48. The summed E-state index contributed by atoms with van der Waals surface area (Å²) in [5.41, 5.74) is 6.82. The molecular formula is C12H24N2. The van der Waals surface area contributed by atoms with E-state index in [9.17, 15) is 0 Å². The molecule has 2 aliphatic carbocycles. The molecule has 0 saturated heterocycles. The van der Waals surface area contributed by atoms with Crippen molar-refractivity contribution in [2.24, 2.45) is 11.1 Å². The van der Waals surface area contributed by atoms with Crippen molar-refractivity contribution in [2.75, 3.05) is 13.6 Å². The first-order chi connectivity index (χ1) is 6.52. The number of hydrogen-bond acceptors (Lipinski definition) is 2. The van der Waals surface area contributed by atoms with Crippen LogP contribution in [0.4, 0.5) is 0 Å². The summed E-state index contributed by atoms with van der Waals surface area (Å²) in [5, 5.41) is 0. The molecule has 2 aliphatic rings. The lowest BCUT2D eigenvalue weighted by Gasteiger charge is -2.59. The molecule has 1 unspecified atom stereocenters. The van der Waals surface area contributed by atoms with E-state index in [1.54, 1.807) is 0 Å². The van der Waals surface area contributed by atoms with E-state index in [1.807, 2.05) is 0 Å². The van der Waals surface area contributed by atoms with Crippen LogP contribution in [-0.4, -0.2) is 30.1 Å². The van der Waals surface area contributed by atoms with Crippen molar-refractivity contribution in [2.45, 2.75) is 57.5 Å². The van der Waals surface area contributed by atoms with Gasteiger partial charge in [0.25, 0.3) is 0 Å². The minimum Gasteiger partial charge on any atom is -0.329 e. The van der Waals surface area contributed by atoms with Gasteiger partial charge in [-0.05, 0) is 44.6 Å². The van der Waals surface area contributed by atoms with Gasteiger partial charge < -0.3 is 5.73 Å². The number of nitrogens with two attached hydrogens (primary N) is 1. The lowest BCUT2D eigenvalue weighted by Crippen LogP contribution is -2.65. The summed E-state index contributed by atoms with van der Waals surface area (Å²) in [6.07, 6.45) is 6.74. The Morgan fingerprint density at radius 1 is 1.29 bits per heavy atom. The largest absolute Gasteiger partial charge is 0.329 e. The number of likely N-dealkylation sites (N-methyl/N-ethyl adjacent to an activating group) is 1. The van der Waals surface area contributed by atoms with Crippen molar-refractivity contribution in [3.05, 3.63) is 0 Å². The molecular weight excluding hydrogens is 172 g/mol. The zero-order valence-electron chi connectivity index (χ0n) is 9.84.